The Balaban J connectivity index is 1.90. The lowest BCUT2D eigenvalue weighted by molar-refractivity contribution is -0.125. The van der Waals surface area contributed by atoms with Gasteiger partial charge in [0.2, 0.25) is 5.91 Å². The minimum Gasteiger partial charge on any atom is -0.350 e. The van der Waals surface area contributed by atoms with E-state index in [0.717, 1.165) is 10.4 Å². The third kappa shape index (κ3) is 4.71. The van der Waals surface area contributed by atoms with Crippen LogP contribution in [0.15, 0.2) is 35.7 Å². The van der Waals surface area contributed by atoms with Crippen molar-refractivity contribution in [2.75, 3.05) is 7.05 Å². The zero-order chi connectivity index (χ0) is 16.1. The molecule has 0 aliphatic carbocycles. The maximum absolute atomic E-state index is 12.2. The van der Waals surface area contributed by atoms with Crippen molar-refractivity contribution in [2.24, 2.45) is 0 Å². The average molecular weight is 357 g/mol. The molecule has 3 nitrogen and oxygen atoms in total. The van der Waals surface area contributed by atoms with Crippen molar-refractivity contribution in [3.8, 4) is 0 Å². The summed E-state index contributed by atoms with van der Waals surface area (Å²) in [6.07, 6.45) is 0. The first-order valence-corrected chi connectivity index (χ1v) is 8.55. The SMILES string of the molecule is C[C@@H](C(=O)NCc1cccs1)N(C)Cc1ccc(Cl)cc1Cl. The molecule has 1 heterocycles. The molecule has 6 heteroatoms. The zero-order valence-electron chi connectivity index (χ0n) is 12.5. The molecule has 0 radical (unpaired) electrons. The molecular weight excluding hydrogens is 339 g/mol. The largest absolute Gasteiger partial charge is 0.350 e. The van der Waals surface area contributed by atoms with Crippen molar-refractivity contribution < 1.29 is 4.79 Å². The second-order valence-electron chi connectivity index (χ2n) is 5.12. The van der Waals surface area contributed by atoms with E-state index in [1.165, 1.54) is 0 Å². The molecule has 0 saturated carbocycles. The van der Waals surface area contributed by atoms with Crippen LogP contribution >= 0.6 is 34.5 Å². The van der Waals surface area contributed by atoms with Crippen LogP contribution in [0.5, 0.6) is 0 Å². The Morgan fingerprint density at radius 3 is 2.77 bits per heavy atom. The second-order valence-corrected chi connectivity index (χ2v) is 7.00. The van der Waals surface area contributed by atoms with Crippen molar-refractivity contribution in [2.45, 2.75) is 26.1 Å². The summed E-state index contributed by atoms with van der Waals surface area (Å²) in [4.78, 5) is 15.3. The van der Waals surface area contributed by atoms with Gasteiger partial charge in [0.05, 0.1) is 12.6 Å². The van der Waals surface area contributed by atoms with Gasteiger partial charge in [0.25, 0.3) is 0 Å². The normalized spacial score (nSPS) is 12.4. The third-order valence-corrected chi connectivity index (χ3v) is 4.96. The van der Waals surface area contributed by atoms with E-state index in [0.29, 0.717) is 23.1 Å². The molecular formula is C16H18Cl2N2OS. The van der Waals surface area contributed by atoms with Crippen LogP contribution in [0.2, 0.25) is 10.0 Å². The number of carbonyl (C=O) groups is 1. The van der Waals surface area contributed by atoms with Crippen LogP contribution in [0.25, 0.3) is 0 Å². The summed E-state index contributed by atoms with van der Waals surface area (Å²) >= 11 is 13.7. The molecule has 0 aliphatic heterocycles. The van der Waals surface area contributed by atoms with E-state index in [1.54, 1.807) is 23.5 Å². The number of carbonyl (C=O) groups excluding carboxylic acids is 1. The maximum Gasteiger partial charge on any atom is 0.237 e. The molecule has 1 N–H and O–H groups in total. The van der Waals surface area contributed by atoms with Gasteiger partial charge in [-0.1, -0.05) is 35.3 Å². The van der Waals surface area contributed by atoms with E-state index in [4.69, 9.17) is 23.2 Å². The van der Waals surface area contributed by atoms with Gasteiger partial charge in [-0.25, -0.2) is 0 Å². The van der Waals surface area contributed by atoms with Crippen LogP contribution in [0.3, 0.4) is 0 Å². The summed E-state index contributed by atoms with van der Waals surface area (Å²) in [5.41, 5.74) is 0.950. The summed E-state index contributed by atoms with van der Waals surface area (Å²) in [6.45, 7) is 3.04. The highest BCUT2D eigenvalue weighted by atomic mass is 35.5. The van der Waals surface area contributed by atoms with E-state index in [2.05, 4.69) is 5.32 Å². The average Bonchev–Trinajstić information content (AvgIpc) is 3.00. The molecule has 118 valence electrons. The summed E-state index contributed by atoms with van der Waals surface area (Å²) in [5.74, 6) is 0.000913. The Hall–Kier alpha value is -1.07. The summed E-state index contributed by atoms with van der Waals surface area (Å²) in [5, 5.41) is 6.18. The molecule has 1 atom stereocenters. The number of hydrogen-bond donors (Lipinski definition) is 1. The number of nitrogens with one attached hydrogen (secondary N) is 1. The lowest BCUT2D eigenvalue weighted by atomic mass is 10.2. The number of thiophene rings is 1. The number of likely N-dealkylation sites (N-methyl/N-ethyl adjacent to an activating group) is 1. The quantitative estimate of drug-likeness (QED) is 0.841. The first-order valence-electron chi connectivity index (χ1n) is 6.91. The third-order valence-electron chi connectivity index (χ3n) is 3.49. The fraction of sp³-hybridized carbons (Fsp3) is 0.312. The highest BCUT2D eigenvalue weighted by molar-refractivity contribution is 7.09. The molecule has 2 rings (SSSR count). The van der Waals surface area contributed by atoms with Crippen molar-refractivity contribution >= 4 is 40.4 Å². The van der Waals surface area contributed by atoms with Crippen LogP contribution < -0.4 is 5.32 Å². The predicted molar refractivity (Wildman–Crippen MR) is 93.6 cm³/mol. The minimum absolute atomic E-state index is 0.000913. The Morgan fingerprint density at radius 2 is 2.14 bits per heavy atom. The number of halogens is 2. The van der Waals surface area contributed by atoms with Crippen LogP contribution in [-0.2, 0) is 17.9 Å². The maximum atomic E-state index is 12.2. The van der Waals surface area contributed by atoms with E-state index in [9.17, 15) is 4.79 Å². The molecule has 0 spiro atoms. The highest BCUT2D eigenvalue weighted by Crippen LogP contribution is 2.22. The molecule has 2 aromatic rings. The van der Waals surface area contributed by atoms with Gasteiger partial charge in [0.1, 0.15) is 0 Å². The monoisotopic (exact) mass is 356 g/mol. The van der Waals surface area contributed by atoms with Gasteiger partial charge in [-0.2, -0.15) is 0 Å². The molecule has 0 unspecified atom stereocenters. The number of amides is 1. The Morgan fingerprint density at radius 1 is 1.36 bits per heavy atom. The number of benzene rings is 1. The lowest BCUT2D eigenvalue weighted by Gasteiger charge is -2.24. The van der Waals surface area contributed by atoms with Gasteiger partial charge in [-0.3, -0.25) is 9.69 Å². The Kier molecular flexibility index (Phi) is 6.26. The number of nitrogens with zero attached hydrogens (tertiary/aromatic N) is 1. The molecule has 1 aromatic heterocycles. The second kappa shape index (κ2) is 7.97. The molecule has 1 aromatic carbocycles. The highest BCUT2D eigenvalue weighted by Gasteiger charge is 2.18. The van der Waals surface area contributed by atoms with Crippen LogP contribution in [0.4, 0.5) is 0 Å². The fourth-order valence-electron chi connectivity index (χ4n) is 1.99. The summed E-state index contributed by atoms with van der Waals surface area (Å²) in [7, 11) is 1.90. The van der Waals surface area contributed by atoms with Gasteiger partial charge in [-0.05, 0) is 43.1 Å². The van der Waals surface area contributed by atoms with Gasteiger partial charge in [0.15, 0.2) is 0 Å². The van der Waals surface area contributed by atoms with E-state index in [-0.39, 0.29) is 11.9 Å². The molecule has 0 fully saturated rings. The number of hydrogen-bond acceptors (Lipinski definition) is 3. The van der Waals surface area contributed by atoms with Crippen LogP contribution in [0, 0.1) is 0 Å². The summed E-state index contributed by atoms with van der Waals surface area (Å²) < 4.78 is 0. The van der Waals surface area contributed by atoms with Crippen LogP contribution in [-0.4, -0.2) is 23.9 Å². The fourth-order valence-corrected chi connectivity index (χ4v) is 3.10. The van der Waals surface area contributed by atoms with Gasteiger partial charge >= 0.3 is 0 Å². The summed E-state index contributed by atoms with van der Waals surface area (Å²) in [6, 6.07) is 9.15. The van der Waals surface area contributed by atoms with Crippen molar-refractivity contribution in [1.29, 1.82) is 0 Å². The molecule has 22 heavy (non-hydrogen) atoms. The topological polar surface area (TPSA) is 32.3 Å². The van der Waals surface area contributed by atoms with Crippen molar-refractivity contribution in [3.05, 3.63) is 56.2 Å². The number of rotatable bonds is 6. The van der Waals surface area contributed by atoms with Gasteiger partial charge in [-0.15, -0.1) is 11.3 Å². The predicted octanol–water partition coefficient (Wildman–Crippen LogP) is 4.19. The van der Waals surface area contributed by atoms with Gasteiger partial charge < -0.3 is 5.32 Å². The first-order chi connectivity index (χ1) is 10.5. The first kappa shape index (κ1) is 17.3. The van der Waals surface area contributed by atoms with Crippen LogP contribution in [0.1, 0.15) is 17.4 Å². The molecule has 0 bridgehead atoms. The Labute approximate surface area is 144 Å². The van der Waals surface area contributed by atoms with E-state index >= 15 is 0 Å². The standard InChI is InChI=1S/C16H18Cl2N2OS/c1-11(16(21)19-9-14-4-3-7-22-14)20(2)10-12-5-6-13(17)8-15(12)18/h3-8,11H,9-10H2,1-2H3,(H,19,21)/t11-/m0/s1. The van der Waals surface area contributed by atoms with E-state index in [1.807, 2.05) is 42.5 Å². The smallest absolute Gasteiger partial charge is 0.237 e. The zero-order valence-corrected chi connectivity index (χ0v) is 14.8. The van der Waals surface area contributed by atoms with Crippen molar-refractivity contribution in [3.63, 3.8) is 0 Å². The minimum atomic E-state index is -0.244. The van der Waals surface area contributed by atoms with Crippen molar-refractivity contribution in [1.82, 2.24) is 10.2 Å². The van der Waals surface area contributed by atoms with E-state index < -0.39 is 0 Å². The lowest BCUT2D eigenvalue weighted by Crippen LogP contribution is -2.42. The molecule has 0 aliphatic rings. The van der Waals surface area contributed by atoms with Gasteiger partial charge in [0, 0.05) is 21.5 Å². The Bertz CT molecular complexity index is 631. The molecule has 0 saturated heterocycles. The molecule has 1 amide bonds.